The van der Waals surface area contributed by atoms with Crippen molar-refractivity contribution in [1.82, 2.24) is 0 Å². The first-order chi connectivity index (χ1) is 12.3. The van der Waals surface area contributed by atoms with Crippen LogP contribution in [-0.4, -0.2) is 5.97 Å². The normalized spacial score (nSPS) is 14.2. The predicted octanol–water partition coefficient (Wildman–Crippen LogP) is 5.91. The summed E-state index contributed by atoms with van der Waals surface area (Å²) in [4.78, 5) is 12.6. The predicted molar refractivity (Wildman–Crippen MR) is 102 cm³/mol. The maximum absolute atomic E-state index is 12.6. The van der Waals surface area contributed by atoms with E-state index in [9.17, 15) is 4.79 Å². The van der Waals surface area contributed by atoms with Crippen LogP contribution in [0.25, 0.3) is 21.9 Å². The minimum Gasteiger partial charge on any atom is -0.422 e. The molecule has 2 heteroatoms. The molecule has 1 aliphatic rings. The van der Waals surface area contributed by atoms with Gasteiger partial charge >= 0.3 is 5.97 Å². The molecule has 0 fully saturated rings. The summed E-state index contributed by atoms with van der Waals surface area (Å²) in [6.07, 6.45) is 6.02. The standard InChI is InChI=1S/C23H20O2/c24-23(19-11-5-2-6-12-19)25-21-16-8-14-18-13-7-15-20(22(18)21)17-9-3-1-4-10-17/h1,3-4,7-11,13-16H,2,5-6,12H2. The Bertz CT molecular complexity index is 933. The number of esters is 1. The van der Waals surface area contributed by atoms with E-state index in [1.54, 1.807) is 0 Å². The van der Waals surface area contributed by atoms with Gasteiger partial charge in [0, 0.05) is 11.0 Å². The lowest BCUT2D eigenvalue weighted by Crippen LogP contribution is -2.13. The lowest BCUT2D eigenvalue weighted by Gasteiger charge is -2.15. The zero-order valence-corrected chi connectivity index (χ0v) is 14.1. The van der Waals surface area contributed by atoms with Crippen LogP contribution in [0.5, 0.6) is 5.75 Å². The van der Waals surface area contributed by atoms with Crippen LogP contribution in [0.4, 0.5) is 0 Å². The summed E-state index contributed by atoms with van der Waals surface area (Å²) in [6.45, 7) is 0. The van der Waals surface area contributed by atoms with E-state index in [-0.39, 0.29) is 5.97 Å². The molecule has 1 aliphatic carbocycles. The van der Waals surface area contributed by atoms with Crippen molar-refractivity contribution in [2.75, 3.05) is 0 Å². The van der Waals surface area contributed by atoms with Crippen molar-refractivity contribution in [2.24, 2.45) is 0 Å². The Kier molecular flexibility index (Phi) is 4.34. The Morgan fingerprint density at radius 2 is 1.64 bits per heavy atom. The van der Waals surface area contributed by atoms with Gasteiger partial charge < -0.3 is 4.74 Å². The van der Waals surface area contributed by atoms with Crippen molar-refractivity contribution in [2.45, 2.75) is 25.7 Å². The van der Waals surface area contributed by atoms with E-state index in [0.29, 0.717) is 5.75 Å². The third-order valence-corrected chi connectivity index (χ3v) is 4.71. The molecule has 4 rings (SSSR count). The largest absolute Gasteiger partial charge is 0.422 e. The SMILES string of the molecule is O=C(Oc1cccc2cccc(-c3ccccc3)c12)C1=CCCCC1. The molecule has 0 radical (unpaired) electrons. The first-order valence-corrected chi connectivity index (χ1v) is 8.81. The van der Waals surface area contributed by atoms with Crippen molar-refractivity contribution in [3.8, 4) is 16.9 Å². The molecule has 0 aromatic heterocycles. The quantitative estimate of drug-likeness (QED) is 0.441. The molecule has 0 saturated carbocycles. The Balaban J connectivity index is 1.79. The number of carbonyl (C=O) groups excluding carboxylic acids is 1. The number of fused-ring (bicyclic) bond motifs is 1. The van der Waals surface area contributed by atoms with Gasteiger partial charge in [0.05, 0.1) is 0 Å². The fraction of sp³-hybridized carbons (Fsp3) is 0.174. The first-order valence-electron chi connectivity index (χ1n) is 8.81. The topological polar surface area (TPSA) is 26.3 Å². The molecule has 0 bridgehead atoms. The summed E-state index contributed by atoms with van der Waals surface area (Å²) in [5.41, 5.74) is 3.01. The van der Waals surface area contributed by atoms with Crippen LogP contribution in [-0.2, 0) is 4.79 Å². The van der Waals surface area contributed by atoms with E-state index in [1.165, 1.54) is 0 Å². The van der Waals surface area contributed by atoms with Crippen LogP contribution in [0.1, 0.15) is 25.7 Å². The number of hydrogen-bond acceptors (Lipinski definition) is 2. The van der Waals surface area contributed by atoms with E-state index in [4.69, 9.17) is 4.74 Å². The molecule has 25 heavy (non-hydrogen) atoms. The highest BCUT2D eigenvalue weighted by Gasteiger charge is 2.17. The van der Waals surface area contributed by atoms with E-state index in [2.05, 4.69) is 30.3 Å². The van der Waals surface area contributed by atoms with Crippen LogP contribution in [0.2, 0.25) is 0 Å². The van der Waals surface area contributed by atoms with Gasteiger partial charge in [0.25, 0.3) is 0 Å². The Morgan fingerprint density at radius 3 is 2.40 bits per heavy atom. The van der Waals surface area contributed by atoms with Gasteiger partial charge in [0.15, 0.2) is 0 Å². The average Bonchev–Trinajstić information content (AvgIpc) is 2.69. The molecule has 0 atom stereocenters. The molecule has 0 N–H and O–H groups in total. The van der Waals surface area contributed by atoms with Crippen molar-refractivity contribution in [3.63, 3.8) is 0 Å². The van der Waals surface area contributed by atoms with Crippen molar-refractivity contribution < 1.29 is 9.53 Å². The molecule has 0 saturated heterocycles. The number of carbonyl (C=O) groups is 1. The van der Waals surface area contributed by atoms with E-state index >= 15 is 0 Å². The number of allylic oxidation sites excluding steroid dienone is 1. The zero-order valence-electron chi connectivity index (χ0n) is 14.1. The molecule has 0 aliphatic heterocycles. The molecule has 0 amide bonds. The number of benzene rings is 3. The molecular formula is C23H20O2. The first kappa shape index (κ1) is 15.6. The van der Waals surface area contributed by atoms with Crippen LogP contribution in [0.3, 0.4) is 0 Å². The van der Waals surface area contributed by atoms with Gasteiger partial charge in [-0.15, -0.1) is 0 Å². The summed E-state index contributed by atoms with van der Waals surface area (Å²) in [5, 5.41) is 2.06. The minimum atomic E-state index is -0.213. The van der Waals surface area contributed by atoms with Crippen molar-refractivity contribution in [3.05, 3.63) is 78.4 Å². The maximum atomic E-state index is 12.6. The second-order valence-electron chi connectivity index (χ2n) is 6.39. The molecule has 0 unspecified atom stereocenters. The highest BCUT2D eigenvalue weighted by molar-refractivity contribution is 6.03. The third-order valence-electron chi connectivity index (χ3n) is 4.71. The minimum absolute atomic E-state index is 0.213. The molecule has 0 spiro atoms. The van der Waals surface area contributed by atoms with Crippen molar-refractivity contribution >= 4 is 16.7 Å². The van der Waals surface area contributed by atoms with E-state index in [1.807, 2.05) is 42.5 Å². The van der Waals surface area contributed by atoms with Gasteiger partial charge in [-0.2, -0.15) is 0 Å². The highest BCUT2D eigenvalue weighted by atomic mass is 16.5. The Labute approximate surface area is 147 Å². The van der Waals surface area contributed by atoms with Crippen LogP contribution < -0.4 is 4.74 Å². The van der Waals surface area contributed by atoms with Gasteiger partial charge in [0.2, 0.25) is 0 Å². The Hall–Kier alpha value is -2.87. The lowest BCUT2D eigenvalue weighted by molar-refractivity contribution is -0.130. The van der Waals surface area contributed by atoms with E-state index < -0.39 is 0 Å². The second-order valence-corrected chi connectivity index (χ2v) is 6.39. The monoisotopic (exact) mass is 328 g/mol. The number of rotatable bonds is 3. The molecule has 0 heterocycles. The van der Waals surface area contributed by atoms with Gasteiger partial charge in [-0.05, 0) is 48.3 Å². The summed E-state index contributed by atoms with van der Waals surface area (Å²) < 4.78 is 5.82. The molecular weight excluding hydrogens is 308 g/mol. The number of hydrogen-bond donors (Lipinski definition) is 0. The highest BCUT2D eigenvalue weighted by Crippen LogP contribution is 2.35. The molecule has 3 aromatic rings. The summed E-state index contributed by atoms with van der Waals surface area (Å²) >= 11 is 0. The zero-order chi connectivity index (χ0) is 17.1. The maximum Gasteiger partial charge on any atom is 0.339 e. The third kappa shape index (κ3) is 3.20. The van der Waals surface area contributed by atoms with Crippen molar-refractivity contribution in [1.29, 1.82) is 0 Å². The van der Waals surface area contributed by atoms with Crippen LogP contribution in [0.15, 0.2) is 78.4 Å². The summed E-state index contributed by atoms with van der Waals surface area (Å²) in [7, 11) is 0. The average molecular weight is 328 g/mol. The summed E-state index contributed by atoms with van der Waals surface area (Å²) in [6, 6.07) is 22.3. The van der Waals surface area contributed by atoms with Crippen LogP contribution in [0, 0.1) is 0 Å². The van der Waals surface area contributed by atoms with Gasteiger partial charge in [0.1, 0.15) is 5.75 Å². The second kappa shape index (κ2) is 6.94. The fourth-order valence-electron chi connectivity index (χ4n) is 3.44. The molecule has 3 aromatic carbocycles. The number of ether oxygens (including phenoxy) is 1. The van der Waals surface area contributed by atoms with E-state index in [0.717, 1.165) is 53.2 Å². The lowest BCUT2D eigenvalue weighted by atomic mass is 9.97. The van der Waals surface area contributed by atoms with Gasteiger partial charge in [-0.25, -0.2) is 4.79 Å². The smallest absolute Gasteiger partial charge is 0.339 e. The fourth-order valence-corrected chi connectivity index (χ4v) is 3.44. The van der Waals surface area contributed by atoms with Gasteiger partial charge in [-0.1, -0.05) is 66.7 Å². The van der Waals surface area contributed by atoms with Gasteiger partial charge in [-0.3, -0.25) is 0 Å². The molecule has 124 valence electrons. The Morgan fingerprint density at radius 1 is 0.840 bits per heavy atom. The summed E-state index contributed by atoms with van der Waals surface area (Å²) in [5.74, 6) is 0.420. The van der Waals surface area contributed by atoms with Crippen LogP contribution >= 0.6 is 0 Å². The molecule has 2 nitrogen and oxygen atoms in total.